The second kappa shape index (κ2) is 5.86. The van der Waals surface area contributed by atoms with Crippen LogP contribution < -0.4 is 24.2 Å². The summed E-state index contributed by atoms with van der Waals surface area (Å²) in [5.41, 5.74) is 0.562. The van der Waals surface area contributed by atoms with Crippen LogP contribution in [-0.4, -0.2) is 17.6 Å². The van der Waals surface area contributed by atoms with Gasteiger partial charge in [0.1, 0.15) is 0 Å². The summed E-state index contributed by atoms with van der Waals surface area (Å²) in [5, 5.41) is 0. The number of furan rings is 1. The number of hydrogen-bond donors (Lipinski definition) is 1. The zero-order valence-electron chi connectivity index (χ0n) is 12.3. The van der Waals surface area contributed by atoms with Crippen molar-refractivity contribution in [2.24, 2.45) is 0 Å². The third-order valence-electron chi connectivity index (χ3n) is 3.40. The van der Waals surface area contributed by atoms with Gasteiger partial charge in [-0.15, -0.1) is 11.3 Å². The summed E-state index contributed by atoms with van der Waals surface area (Å²) in [6.07, 6.45) is 4.51. The molecule has 0 unspecified atom stereocenters. The van der Waals surface area contributed by atoms with E-state index in [0.29, 0.717) is 20.7 Å². The lowest BCUT2D eigenvalue weighted by Crippen LogP contribution is -2.19. The molecule has 0 saturated carbocycles. The molecule has 1 aliphatic heterocycles. The van der Waals surface area contributed by atoms with E-state index in [1.807, 2.05) is 6.07 Å². The van der Waals surface area contributed by atoms with Crippen LogP contribution in [-0.2, 0) is 0 Å². The highest BCUT2D eigenvalue weighted by Gasteiger charge is 2.12. The normalized spacial score (nSPS) is 14.3. The van der Waals surface area contributed by atoms with E-state index in [4.69, 9.17) is 13.9 Å². The number of fused-ring (bicyclic) bond motifs is 1. The summed E-state index contributed by atoms with van der Waals surface area (Å²) >= 11 is 1.20. The molecule has 24 heavy (non-hydrogen) atoms. The standard InChI is InChI=1S/C17H11NO5S/c19-11(12-2-1-5-21-12)8-16-18-17(20)15(24-16)7-10-3-4-13-14(6-10)23-9-22-13/h1-8H,9H2,(H,18,20). The molecule has 0 bridgehead atoms. The van der Waals surface area contributed by atoms with Crippen LogP contribution >= 0.6 is 11.3 Å². The summed E-state index contributed by atoms with van der Waals surface area (Å²) in [6, 6.07) is 8.65. The first-order valence-corrected chi connectivity index (χ1v) is 7.91. The molecular weight excluding hydrogens is 330 g/mol. The zero-order valence-corrected chi connectivity index (χ0v) is 13.1. The third kappa shape index (κ3) is 2.77. The van der Waals surface area contributed by atoms with Gasteiger partial charge < -0.3 is 18.9 Å². The lowest BCUT2D eigenvalue weighted by molar-refractivity contribution is 0.103. The molecule has 0 fully saturated rings. The number of carbonyl (C=O) groups is 1. The molecule has 2 aromatic heterocycles. The lowest BCUT2D eigenvalue weighted by Gasteiger charge is -1.96. The Hall–Kier alpha value is -3.06. The first-order chi connectivity index (χ1) is 11.7. The highest BCUT2D eigenvalue weighted by atomic mass is 32.1. The minimum Gasteiger partial charge on any atom is -0.461 e. The number of hydrogen-bond acceptors (Lipinski definition) is 6. The molecule has 120 valence electrons. The van der Waals surface area contributed by atoms with Gasteiger partial charge in [-0.25, -0.2) is 0 Å². The molecule has 0 amide bonds. The van der Waals surface area contributed by atoms with Crippen LogP contribution in [0.4, 0.5) is 0 Å². The number of Topliss-reactive ketones (excluding diaryl/α,β-unsaturated/α-hetero) is 1. The predicted molar refractivity (Wildman–Crippen MR) is 87.8 cm³/mol. The summed E-state index contributed by atoms with van der Waals surface area (Å²) in [4.78, 5) is 26.7. The molecule has 1 aliphatic rings. The number of ketones is 1. The van der Waals surface area contributed by atoms with Crippen LogP contribution in [0.25, 0.3) is 12.2 Å². The van der Waals surface area contributed by atoms with Gasteiger partial charge in [-0.1, -0.05) is 6.07 Å². The Labute approximate surface area is 139 Å². The number of ether oxygens (including phenoxy) is 2. The fourth-order valence-corrected chi connectivity index (χ4v) is 3.17. The van der Waals surface area contributed by atoms with Gasteiger partial charge >= 0.3 is 0 Å². The molecule has 1 N–H and O–H groups in total. The molecule has 4 rings (SSSR count). The predicted octanol–water partition coefficient (Wildman–Crippen LogP) is 1.25. The number of rotatable bonds is 3. The summed E-state index contributed by atoms with van der Waals surface area (Å²) in [6.45, 7) is 0.201. The zero-order chi connectivity index (χ0) is 16.5. The molecule has 0 aliphatic carbocycles. The summed E-state index contributed by atoms with van der Waals surface area (Å²) < 4.78 is 16.6. The highest BCUT2D eigenvalue weighted by Crippen LogP contribution is 2.32. The molecule has 0 spiro atoms. The second-order valence-corrected chi connectivity index (χ2v) is 6.11. The Morgan fingerprint density at radius 1 is 1.21 bits per heavy atom. The van der Waals surface area contributed by atoms with Crippen LogP contribution in [0.2, 0.25) is 0 Å². The topological polar surface area (TPSA) is 81.5 Å². The van der Waals surface area contributed by atoms with Crippen molar-refractivity contribution < 1.29 is 18.7 Å². The maximum Gasteiger partial charge on any atom is 0.266 e. The van der Waals surface area contributed by atoms with E-state index < -0.39 is 0 Å². The van der Waals surface area contributed by atoms with Gasteiger partial charge in [0, 0.05) is 6.08 Å². The van der Waals surface area contributed by atoms with Gasteiger partial charge in [0.05, 0.1) is 15.5 Å². The molecule has 0 saturated heterocycles. The Morgan fingerprint density at radius 3 is 2.92 bits per heavy atom. The van der Waals surface area contributed by atoms with Crippen molar-refractivity contribution in [1.29, 1.82) is 0 Å². The van der Waals surface area contributed by atoms with E-state index in [0.717, 1.165) is 5.56 Å². The van der Waals surface area contributed by atoms with Crippen LogP contribution in [0.5, 0.6) is 11.5 Å². The maximum atomic E-state index is 12.1. The van der Waals surface area contributed by atoms with E-state index in [2.05, 4.69) is 4.98 Å². The first kappa shape index (κ1) is 14.5. The fourth-order valence-electron chi connectivity index (χ4n) is 2.29. The Bertz CT molecular complexity index is 1080. The van der Waals surface area contributed by atoms with Gasteiger partial charge in [-0.2, -0.15) is 0 Å². The van der Waals surface area contributed by atoms with E-state index in [1.54, 1.807) is 30.3 Å². The molecule has 3 heterocycles. The third-order valence-corrected chi connectivity index (χ3v) is 4.36. The van der Waals surface area contributed by atoms with Crippen LogP contribution in [0, 0.1) is 0 Å². The van der Waals surface area contributed by atoms with Gasteiger partial charge in [-0.05, 0) is 35.9 Å². The van der Waals surface area contributed by atoms with Crippen LogP contribution in [0.15, 0.2) is 45.8 Å². The lowest BCUT2D eigenvalue weighted by atomic mass is 10.2. The van der Waals surface area contributed by atoms with Crippen LogP contribution in [0.3, 0.4) is 0 Å². The number of aromatic amines is 1. The monoisotopic (exact) mass is 341 g/mol. The van der Waals surface area contributed by atoms with E-state index in [1.165, 1.54) is 23.7 Å². The first-order valence-electron chi connectivity index (χ1n) is 7.09. The Morgan fingerprint density at radius 2 is 2.08 bits per heavy atom. The number of H-pyrrole nitrogens is 1. The number of benzene rings is 1. The average molecular weight is 341 g/mol. The van der Waals surface area contributed by atoms with Crippen molar-refractivity contribution in [2.75, 3.05) is 6.79 Å². The molecule has 3 aromatic rings. The number of carbonyl (C=O) groups excluding carboxylic acids is 1. The fraction of sp³-hybridized carbons (Fsp3) is 0.0588. The van der Waals surface area contributed by atoms with Crippen molar-refractivity contribution in [3.63, 3.8) is 0 Å². The smallest absolute Gasteiger partial charge is 0.266 e. The van der Waals surface area contributed by atoms with Gasteiger partial charge in [0.15, 0.2) is 17.3 Å². The van der Waals surface area contributed by atoms with Crippen molar-refractivity contribution in [2.45, 2.75) is 0 Å². The number of nitrogens with one attached hydrogen (secondary N) is 1. The second-order valence-electron chi connectivity index (χ2n) is 5.03. The molecular formula is C17H11NO5S. The van der Waals surface area contributed by atoms with Crippen molar-refractivity contribution in [1.82, 2.24) is 4.98 Å². The molecule has 6 nitrogen and oxygen atoms in total. The van der Waals surface area contributed by atoms with Crippen molar-refractivity contribution in [3.05, 3.63) is 67.5 Å². The van der Waals surface area contributed by atoms with E-state index in [-0.39, 0.29) is 23.9 Å². The summed E-state index contributed by atoms with van der Waals surface area (Å²) in [7, 11) is 0. The van der Waals surface area contributed by atoms with Crippen molar-refractivity contribution in [3.8, 4) is 11.5 Å². The largest absolute Gasteiger partial charge is 0.461 e. The minimum absolute atomic E-state index is 0.201. The molecule has 0 atom stereocenters. The SMILES string of the molecule is O=C(C=c1[nH]c(=O)c(=Cc2ccc3c(c2)OCO3)s1)c1ccco1. The number of thiazole rings is 1. The van der Waals surface area contributed by atoms with Crippen LogP contribution in [0.1, 0.15) is 16.1 Å². The molecule has 7 heteroatoms. The van der Waals surface area contributed by atoms with Gasteiger partial charge in [0.2, 0.25) is 12.6 Å². The van der Waals surface area contributed by atoms with E-state index >= 15 is 0 Å². The molecule has 0 radical (unpaired) electrons. The Balaban J connectivity index is 1.71. The summed E-state index contributed by atoms with van der Waals surface area (Å²) in [5.74, 6) is 1.26. The quantitative estimate of drug-likeness (QED) is 0.725. The Kier molecular flexibility index (Phi) is 3.55. The van der Waals surface area contributed by atoms with Gasteiger partial charge in [0.25, 0.3) is 5.56 Å². The van der Waals surface area contributed by atoms with Gasteiger partial charge in [-0.3, -0.25) is 9.59 Å². The maximum absolute atomic E-state index is 12.1. The van der Waals surface area contributed by atoms with E-state index in [9.17, 15) is 9.59 Å². The average Bonchev–Trinajstić information content (AvgIpc) is 3.29. The highest BCUT2D eigenvalue weighted by molar-refractivity contribution is 7.07. The number of aromatic nitrogens is 1. The minimum atomic E-state index is -0.299. The van der Waals surface area contributed by atoms with Crippen molar-refractivity contribution >= 4 is 29.3 Å². The molecule has 1 aromatic carbocycles.